The van der Waals surface area contributed by atoms with E-state index in [9.17, 15) is 40.9 Å². The first-order valence-electron chi connectivity index (χ1n) is 12.7. The Morgan fingerprint density at radius 1 is 0.659 bits per heavy atom. The molecular formula is C30H24O11. The molecule has 7 rings (SSSR count). The van der Waals surface area contributed by atoms with Crippen molar-refractivity contribution in [2.45, 2.75) is 36.4 Å². The Morgan fingerprint density at radius 3 is 2.07 bits per heavy atom. The summed E-state index contributed by atoms with van der Waals surface area (Å²) in [5, 5.41) is 84.8. The highest BCUT2D eigenvalue weighted by Crippen LogP contribution is 2.62. The summed E-state index contributed by atoms with van der Waals surface area (Å²) in [5.74, 6) is -4.54. The van der Waals surface area contributed by atoms with E-state index in [4.69, 9.17) is 14.2 Å². The van der Waals surface area contributed by atoms with Crippen LogP contribution in [0.2, 0.25) is 0 Å². The molecule has 3 aliphatic heterocycles. The summed E-state index contributed by atoms with van der Waals surface area (Å²) in [4.78, 5) is 0. The fourth-order valence-electron chi connectivity index (χ4n) is 6.04. The molecule has 0 aliphatic carbocycles. The van der Waals surface area contributed by atoms with Gasteiger partial charge in [-0.1, -0.05) is 6.07 Å². The highest BCUT2D eigenvalue weighted by Gasteiger charge is 2.60. The summed E-state index contributed by atoms with van der Waals surface area (Å²) in [6, 6.07) is 13.4. The molecule has 3 aliphatic rings. The number of benzene rings is 4. The van der Waals surface area contributed by atoms with E-state index in [1.165, 1.54) is 54.6 Å². The largest absolute Gasteiger partial charge is 0.508 e. The molecule has 11 heteroatoms. The minimum atomic E-state index is -1.92. The van der Waals surface area contributed by atoms with Crippen molar-refractivity contribution in [2.75, 3.05) is 0 Å². The van der Waals surface area contributed by atoms with Crippen LogP contribution >= 0.6 is 0 Å². The Bertz CT molecular complexity index is 1720. The highest BCUT2D eigenvalue weighted by molar-refractivity contribution is 5.68. The maximum absolute atomic E-state index is 11.9. The Labute approximate surface area is 231 Å². The van der Waals surface area contributed by atoms with Gasteiger partial charge in [-0.2, -0.15) is 0 Å². The molecule has 11 nitrogen and oxygen atoms in total. The number of rotatable bonds is 2. The van der Waals surface area contributed by atoms with E-state index in [1.54, 1.807) is 0 Å². The Kier molecular flexibility index (Phi) is 5.18. The number of fused-ring (bicyclic) bond motifs is 8. The maximum atomic E-state index is 11.9. The van der Waals surface area contributed by atoms with E-state index < -0.39 is 35.8 Å². The van der Waals surface area contributed by atoms with Crippen LogP contribution in [0.1, 0.15) is 39.8 Å². The van der Waals surface area contributed by atoms with Gasteiger partial charge in [0.1, 0.15) is 52.5 Å². The third kappa shape index (κ3) is 3.52. The Morgan fingerprint density at radius 2 is 1.37 bits per heavy atom. The van der Waals surface area contributed by atoms with E-state index in [0.29, 0.717) is 11.1 Å². The third-order valence-electron chi connectivity index (χ3n) is 7.92. The monoisotopic (exact) mass is 560 g/mol. The number of aliphatic hydroxyl groups is 2. The molecule has 0 fully saturated rings. The lowest BCUT2D eigenvalue weighted by atomic mass is 9.74. The van der Waals surface area contributed by atoms with Crippen molar-refractivity contribution >= 4 is 0 Å². The smallest absolute Gasteiger partial charge is 0.305 e. The van der Waals surface area contributed by atoms with E-state index >= 15 is 0 Å². The van der Waals surface area contributed by atoms with Crippen LogP contribution in [0.3, 0.4) is 0 Å². The Hall–Kier alpha value is -5.00. The topological polar surface area (TPSA) is 190 Å². The van der Waals surface area contributed by atoms with Crippen molar-refractivity contribution in [3.63, 3.8) is 0 Å². The van der Waals surface area contributed by atoms with Crippen LogP contribution in [-0.2, 0) is 12.2 Å². The number of aliphatic hydroxyl groups excluding tert-OH is 2. The van der Waals surface area contributed by atoms with Gasteiger partial charge in [-0.05, 0) is 42.0 Å². The molecule has 0 radical (unpaired) electrons. The van der Waals surface area contributed by atoms with E-state index in [1.807, 2.05) is 0 Å². The van der Waals surface area contributed by atoms with Crippen LogP contribution in [0.25, 0.3) is 0 Å². The molecule has 5 atom stereocenters. The van der Waals surface area contributed by atoms with Gasteiger partial charge >= 0.3 is 5.79 Å². The zero-order chi connectivity index (χ0) is 28.8. The fraction of sp³-hybridized carbons (Fsp3) is 0.200. The zero-order valence-electron chi connectivity index (χ0n) is 21.1. The molecule has 0 spiro atoms. The summed E-state index contributed by atoms with van der Waals surface area (Å²) in [6.07, 6.45) is -3.79. The summed E-state index contributed by atoms with van der Waals surface area (Å²) >= 11 is 0. The second-order valence-corrected chi connectivity index (χ2v) is 10.4. The van der Waals surface area contributed by atoms with Crippen molar-refractivity contribution in [1.82, 2.24) is 0 Å². The normalized spacial score (nSPS) is 25.5. The highest BCUT2D eigenvalue weighted by atomic mass is 16.7. The van der Waals surface area contributed by atoms with E-state index in [0.717, 1.165) is 6.07 Å². The van der Waals surface area contributed by atoms with Gasteiger partial charge in [-0.3, -0.25) is 0 Å². The molecule has 2 bridgehead atoms. The molecule has 0 amide bonds. The molecule has 0 aromatic heterocycles. The predicted octanol–water partition coefficient (Wildman–Crippen LogP) is 3.09. The second kappa shape index (κ2) is 8.50. The maximum Gasteiger partial charge on any atom is 0.305 e. The van der Waals surface area contributed by atoms with Crippen LogP contribution in [0.5, 0.6) is 51.7 Å². The van der Waals surface area contributed by atoms with Crippen molar-refractivity contribution in [2.24, 2.45) is 0 Å². The number of aromatic hydroxyl groups is 6. The minimum Gasteiger partial charge on any atom is -0.508 e. The summed E-state index contributed by atoms with van der Waals surface area (Å²) in [6.45, 7) is 0. The van der Waals surface area contributed by atoms with Crippen molar-refractivity contribution in [3.8, 4) is 51.7 Å². The quantitative estimate of drug-likeness (QED) is 0.168. The Balaban J connectivity index is 1.47. The van der Waals surface area contributed by atoms with Crippen molar-refractivity contribution in [1.29, 1.82) is 0 Å². The molecule has 8 N–H and O–H groups in total. The van der Waals surface area contributed by atoms with Gasteiger partial charge in [0.05, 0.1) is 12.0 Å². The number of hydrogen-bond donors (Lipinski definition) is 8. The van der Waals surface area contributed by atoms with Gasteiger partial charge in [0.2, 0.25) is 0 Å². The van der Waals surface area contributed by atoms with Crippen LogP contribution in [0.15, 0.2) is 60.7 Å². The molecular weight excluding hydrogens is 536 g/mol. The number of phenolic OH excluding ortho intramolecular Hbond substituents is 6. The van der Waals surface area contributed by atoms with Crippen LogP contribution in [-0.4, -0.2) is 53.1 Å². The lowest BCUT2D eigenvalue weighted by molar-refractivity contribution is -0.219. The lowest BCUT2D eigenvalue weighted by Gasteiger charge is -2.50. The van der Waals surface area contributed by atoms with Crippen molar-refractivity contribution in [3.05, 3.63) is 88.5 Å². The molecule has 4 aromatic carbocycles. The standard InChI is InChI=1S/C30H24O11/c31-14-4-2-13(3-5-14)30-29(38)26(24-20(36)8-15(32)9-22(24)40-30)25-23(41-30)11-18(34)16-10-21(37)27(39-28(16)25)12-1-6-17(33)19(35)7-12/h1-9,11,21,26-27,29,31-38H,10H2/t21-,26+,27+,29-,30-/m0/s1. The van der Waals surface area contributed by atoms with E-state index in [-0.39, 0.29) is 69.1 Å². The number of ether oxygens (including phenoxy) is 3. The molecule has 210 valence electrons. The number of phenols is 6. The molecule has 0 saturated carbocycles. The van der Waals surface area contributed by atoms with Crippen molar-refractivity contribution < 1.29 is 55.1 Å². The molecule has 0 unspecified atom stereocenters. The van der Waals surface area contributed by atoms with Gasteiger partial charge in [0, 0.05) is 46.9 Å². The van der Waals surface area contributed by atoms with E-state index in [2.05, 4.69) is 0 Å². The molecule has 3 heterocycles. The SMILES string of the molecule is Oc1ccc([C@]23Oc4cc(O)cc(O)c4[C@H](c4c(cc(O)c5c4O[C@H](c4ccc(O)c(O)c4)[C@@H](O)C5)O2)[C@@H]3O)cc1. The van der Waals surface area contributed by atoms with Gasteiger partial charge in [0.15, 0.2) is 11.5 Å². The first-order valence-corrected chi connectivity index (χ1v) is 12.7. The average Bonchev–Trinajstić information content (AvgIpc) is 2.91. The fourth-order valence-corrected chi connectivity index (χ4v) is 6.04. The summed E-state index contributed by atoms with van der Waals surface area (Å²) in [5.41, 5.74) is 1.26. The first kappa shape index (κ1) is 25.0. The molecule has 41 heavy (non-hydrogen) atoms. The van der Waals surface area contributed by atoms with Gasteiger partial charge in [0.25, 0.3) is 0 Å². The number of hydrogen-bond acceptors (Lipinski definition) is 11. The minimum absolute atomic E-state index is 0.0224. The molecule has 0 saturated heterocycles. The molecule has 4 aromatic rings. The summed E-state index contributed by atoms with van der Waals surface area (Å²) in [7, 11) is 0. The van der Waals surface area contributed by atoms with Gasteiger partial charge in [-0.15, -0.1) is 0 Å². The average molecular weight is 561 g/mol. The predicted molar refractivity (Wildman–Crippen MR) is 140 cm³/mol. The summed E-state index contributed by atoms with van der Waals surface area (Å²) < 4.78 is 18.8. The van der Waals surface area contributed by atoms with Crippen LogP contribution in [0, 0.1) is 0 Å². The zero-order valence-corrected chi connectivity index (χ0v) is 21.1. The lowest BCUT2D eigenvalue weighted by Crippen LogP contribution is -2.57. The third-order valence-corrected chi connectivity index (χ3v) is 7.92. The van der Waals surface area contributed by atoms with Gasteiger partial charge in [-0.25, -0.2) is 0 Å². The second-order valence-electron chi connectivity index (χ2n) is 10.4. The van der Waals surface area contributed by atoms with Crippen LogP contribution in [0.4, 0.5) is 0 Å². The van der Waals surface area contributed by atoms with Crippen LogP contribution < -0.4 is 14.2 Å². The first-order chi connectivity index (χ1) is 19.6. The van der Waals surface area contributed by atoms with Gasteiger partial charge < -0.3 is 55.1 Å².